The molecule has 0 aliphatic carbocycles. The fourth-order valence-corrected chi connectivity index (χ4v) is 4.52. The van der Waals surface area contributed by atoms with Crippen molar-refractivity contribution < 1.29 is 48.1 Å². The zero-order valence-corrected chi connectivity index (χ0v) is 21.1. The number of amides is 2. The van der Waals surface area contributed by atoms with E-state index in [-0.39, 0.29) is 5.56 Å². The molecule has 2 amide bonds. The smallest absolute Gasteiger partial charge is 0.332 e. The minimum Gasteiger partial charge on any atom is -0.480 e. The summed E-state index contributed by atoms with van der Waals surface area (Å²) in [6.45, 7) is 6.97. The monoisotopic (exact) mass is 518 g/mol. The van der Waals surface area contributed by atoms with E-state index in [1.165, 1.54) is 19.1 Å². The summed E-state index contributed by atoms with van der Waals surface area (Å²) in [6, 6.07) is 4.47. The Morgan fingerprint density at radius 1 is 1.08 bits per heavy atom. The van der Waals surface area contributed by atoms with Gasteiger partial charge in [-0.15, -0.1) is 0 Å². The van der Waals surface area contributed by atoms with Gasteiger partial charge in [0.15, 0.2) is 5.92 Å². The second-order valence-corrected chi connectivity index (χ2v) is 10.0. The van der Waals surface area contributed by atoms with Crippen molar-refractivity contribution in [2.75, 3.05) is 6.79 Å². The van der Waals surface area contributed by atoms with E-state index in [1.807, 2.05) is 0 Å². The van der Waals surface area contributed by atoms with Crippen molar-refractivity contribution >= 4 is 35.7 Å². The van der Waals surface area contributed by atoms with Crippen LogP contribution in [0.15, 0.2) is 30.3 Å². The lowest BCUT2D eigenvalue weighted by molar-refractivity contribution is -0.180. The molecule has 0 spiro atoms. The van der Waals surface area contributed by atoms with Gasteiger partial charge >= 0.3 is 23.9 Å². The predicted octanol–water partition coefficient (Wildman–Crippen LogP) is 0.590. The van der Waals surface area contributed by atoms with E-state index in [2.05, 4.69) is 5.32 Å². The molecular formula is C25H30N2O10. The molecule has 2 saturated heterocycles. The second kappa shape index (κ2) is 10.6. The Bertz CT molecular complexity index is 1100. The van der Waals surface area contributed by atoms with E-state index in [9.17, 15) is 33.9 Å². The first-order valence-corrected chi connectivity index (χ1v) is 11.7. The van der Waals surface area contributed by atoms with Crippen molar-refractivity contribution in [1.29, 1.82) is 0 Å². The van der Waals surface area contributed by atoms with Gasteiger partial charge in [-0.2, -0.15) is 0 Å². The van der Waals surface area contributed by atoms with Crippen LogP contribution in [0.2, 0.25) is 0 Å². The number of rotatable bonds is 8. The topological polar surface area (TPSA) is 166 Å². The van der Waals surface area contributed by atoms with Gasteiger partial charge in [0.25, 0.3) is 0 Å². The lowest BCUT2D eigenvalue weighted by Gasteiger charge is -2.45. The number of β-lactam (4-membered cyclic amide) rings is 1. The van der Waals surface area contributed by atoms with E-state index in [0.29, 0.717) is 0 Å². The number of carboxylic acids is 1. The molecule has 3 rings (SSSR count). The molecule has 0 saturated carbocycles. The molecule has 2 aliphatic rings. The van der Waals surface area contributed by atoms with Gasteiger partial charge in [-0.05, 0) is 26.3 Å². The van der Waals surface area contributed by atoms with Crippen molar-refractivity contribution in [1.82, 2.24) is 10.2 Å². The molecular weight excluding hydrogens is 488 g/mol. The number of aliphatic carboxylic acids is 1. The zero-order chi connectivity index (χ0) is 27.7. The average Bonchev–Trinajstić information content (AvgIpc) is 3.05. The Hall–Kier alpha value is -3.96. The zero-order valence-electron chi connectivity index (χ0n) is 21.1. The average molecular weight is 519 g/mol. The van der Waals surface area contributed by atoms with Crippen LogP contribution in [0.3, 0.4) is 0 Å². The molecule has 2 heterocycles. The number of carbonyl (C=O) groups excluding carboxylic acids is 5. The van der Waals surface area contributed by atoms with Crippen molar-refractivity contribution in [2.24, 2.45) is 11.3 Å². The van der Waals surface area contributed by atoms with E-state index in [0.717, 1.165) is 4.90 Å². The Morgan fingerprint density at radius 2 is 1.70 bits per heavy atom. The van der Waals surface area contributed by atoms with Gasteiger partial charge in [-0.3, -0.25) is 24.0 Å². The number of hydrogen-bond acceptors (Lipinski definition) is 9. The molecule has 2 N–H and O–H groups in total. The fourth-order valence-electron chi connectivity index (χ4n) is 4.52. The molecule has 37 heavy (non-hydrogen) atoms. The molecule has 0 radical (unpaired) electrons. The first kappa shape index (κ1) is 27.6. The van der Waals surface area contributed by atoms with Crippen molar-refractivity contribution in [3.05, 3.63) is 35.9 Å². The SMILES string of the molecule is CC(=O)OC1C(C)C(C(=O)OCOC(=O)C(C)(C)C)N2C(=O)C(NC(=O)C(C(=O)O)c3ccccc3)[C@@H]12. The molecule has 12 nitrogen and oxygen atoms in total. The normalized spacial score (nSPS) is 25.3. The van der Waals surface area contributed by atoms with Gasteiger partial charge in [0.05, 0.1) is 11.5 Å². The van der Waals surface area contributed by atoms with Crippen LogP contribution in [0.1, 0.15) is 46.1 Å². The van der Waals surface area contributed by atoms with Crippen LogP contribution < -0.4 is 5.32 Å². The summed E-state index contributed by atoms with van der Waals surface area (Å²) in [5.41, 5.74) is -0.593. The first-order valence-electron chi connectivity index (χ1n) is 11.7. The van der Waals surface area contributed by atoms with Crippen LogP contribution in [0.4, 0.5) is 0 Å². The van der Waals surface area contributed by atoms with Crippen LogP contribution in [-0.4, -0.2) is 76.7 Å². The molecule has 200 valence electrons. The van der Waals surface area contributed by atoms with Gasteiger partial charge in [-0.25, -0.2) is 4.79 Å². The highest BCUT2D eigenvalue weighted by molar-refractivity contribution is 6.05. The summed E-state index contributed by atoms with van der Waals surface area (Å²) < 4.78 is 15.4. The Kier molecular flexibility index (Phi) is 7.89. The number of fused-ring (bicyclic) bond motifs is 1. The number of carbonyl (C=O) groups is 6. The number of esters is 3. The maximum atomic E-state index is 13.0. The summed E-state index contributed by atoms with van der Waals surface area (Å²) in [5.74, 6) is -7.43. The van der Waals surface area contributed by atoms with Crippen LogP contribution >= 0.6 is 0 Å². The molecule has 5 unspecified atom stereocenters. The molecule has 2 fully saturated rings. The Labute approximate surface area is 213 Å². The summed E-state index contributed by atoms with van der Waals surface area (Å²) >= 11 is 0. The van der Waals surface area contributed by atoms with Crippen molar-refractivity contribution in [3.8, 4) is 0 Å². The van der Waals surface area contributed by atoms with E-state index in [1.54, 1.807) is 45.9 Å². The number of ether oxygens (including phenoxy) is 3. The number of nitrogens with one attached hydrogen (secondary N) is 1. The van der Waals surface area contributed by atoms with E-state index < -0.39 is 84.0 Å². The summed E-state index contributed by atoms with van der Waals surface area (Å²) in [4.78, 5) is 75.5. The third kappa shape index (κ3) is 5.57. The largest absolute Gasteiger partial charge is 0.480 e. The predicted molar refractivity (Wildman–Crippen MR) is 124 cm³/mol. The quantitative estimate of drug-likeness (QED) is 0.215. The third-order valence-electron chi connectivity index (χ3n) is 6.32. The summed E-state index contributed by atoms with van der Waals surface area (Å²) in [6.07, 6.45) is -0.977. The van der Waals surface area contributed by atoms with Crippen LogP contribution in [-0.2, 0) is 43.0 Å². The second-order valence-electron chi connectivity index (χ2n) is 10.0. The number of nitrogens with zero attached hydrogens (tertiary/aromatic N) is 1. The van der Waals surface area contributed by atoms with Crippen LogP contribution in [0, 0.1) is 11.3 Å². The summed E-state index contributed by atoms with van der Waals surface area (Å²) in [5, 5.41) is 12.1. The molecule has 1 aromatic rings. The fraction of sp³-hybridized carbons (Fsp3) is 0.520. The van der Waals surface area contributed by atoms with Crippen LogP contribution in [0.5, 0.6) is 0 Å². The summed E-state index contributed by atoms with van der Waals surface area (Å²) in [7, 11) is 0. The van der Waals surface area contributed by atoms with E-state index in [4.69, 9.17) is 14.2 Å². The molecule has 2 aliphatic heterocycles. The van der Waals surface area contributed by atoms with E-state index >= 15 is 0 Å². The third-order valence-corrected chi connectivity index (χ3v) is 6.32. The standard InChI is InChI=1S/C25H30N2O10/c1-12-17(23(33)35-11-36-24(34)25(3,4)5)27-18(19(12)37-13(2)28)16(21(27)30)26-20(29)15(22(31)32)14-9-7-6-8-10-14/h6-10,12,15-19H,11H2,1-5H3,(H,26,29)(H,31,32)/t12?,15?,16?,17?,18-,19?/m0/s1. The first-order chi connectivity index (χ1) is 17.3. The van der Waals surface area contributed by atoms with Gasteiger partial charge in [0.1, 0.15) is 18.2 Å². The maximum Gasteiger partial charge on any atom is 0.332 e. The molecule has 0 bridgehead atoms. The highest BCUT2D eigenvalue weighted by Crippen LogP contribution is 2.42. The number of hydrogen-bond donors (Lipinski definition) is 2. The van der Waals surface area contributed by atoms with Gasteiger partial charge in [0, 0.05) is 12.8 Å². The van der Waals surface area contributed by atoms with Gasteiger partial charge < -0.3 is 29.5 Å². The Morgan fingerprint density at radius 3 is 2.24 bits per heavy atom. The molecule has 12 heteroatoms. The minimum absolute atomic E-state index is 0.221. The maximum absolute atomic E-state index is 13.0. The van der Waals surface area contributed by atoms with Crippen molar-refractivity contribution in [2.45, 2.75) is 64.8 Å². The highest BCUT2D eigenvalue weighted by atomic mass is 16.7. The minimum atomic E-state index is -1.58. The molecule has 0 aromatic heterocycles. The van der Waals surface area contributed by atoms with Gasteiger partial charge in [-0.1, -0.05) is 37.3 Å². The lowest BCUT2D eigenvalue weighted by atomic mass is 9.90. The van der Waals surface area contributed by atoms with Crippen molar-refractivity contribution in [3.63, 3.8) is 0 Å². The molecule has 6 atom stereocenters. The van der Waals surface area contributed by atoms with Gasteiger partial charge in [0.2, 0.25) is 18.6 Å². The number of carboxylic acid groups (broad SMARTS) is 1. The molecule has 1 aromatic carbocycles. The highest BCUT2D eigenvalue weighted by Gasteiger charge is 2.66. The number of benzene rings is 1. The van der Waals surface area contributed by atoms with Crippen LogP contribution in [0.25, 0.3) is 0 Å². The Balaban J connectivity index is 1.77. The lowest BCUT2D eigenvalue weighted by Crippen LogP contribution is -2.73.